The molecule has 0 aliphatic heterocycles. The van der Waals surface area contributed by atoms with Crippen molar-refractivity contribution in [2.45, 2.75) is 72.6 Å². The first kappa shape index (κ1) is 14.9. The van der Waals surface area contributed by atoms with Gasteiger partial charge in [-0.2, -0.15) is 0 Å². The second-order valence-corrected chi connectivity index (χ2v) is 7.58. The van der Waals surface area contributed by atoms with Crippen LogP contribution in [0.5, 0.6) is 0 Å². The molecule has 0 heterocycles. The van der Waals surface area contributed by atoms with Crippen LogP contribution in [0.1, 0.15) is 72.6 Å². The van der Waals surface area contributed by atoms with E-state index in [0.717, 1.165) is 17.8 Å². The van der Waals surface area contributed by atoms with Crippen molar-refractivity contribution < 1.29 is 0 Å². The molecule has 0 aromatic rings. The first-order valence-corrected chi connectivity index (χ1v) is 8.31. The maximum Gasteiger partial charge on any atom is -0.00530 e. The van der Waals surface area contributed by atoms with Crippen molar-refractivity contribution >= 4 is 0 Å². The minimum atomic E-state index is 0.548. The average Bonchev–Trinajstić information content (AvgIpc) is 2.99. The molecule has 0 heteroatoms. The van der Waals surface area contributed by atoms with Gasteiger partial charge in [0, 0.05) is 0 Å². The highest BCUT2D eigenvalue weighted by Crippen LogP contribution is 2.59. The summed E-state index contributed by atoms with van der Waals surface area (Å²) >= 11 is 0. The van der Waals surface area contributed by atoms with Crippen LogP contribution in [0.2, 0.25) is 0 Å². The standard InChI is InChI=1S/C19H32/c1-6-14(2)8-7-9-18-13-19(18,5)16(4)12-17-10-15(3)11-17/h9,14,16-17H,3,6-8,10-13H2,1-2,4-5H3. The highest BCUT2D eigenvalue weighted by molar-refractivity contribution is 5.32. The molecular formula is C19H32. The van der Waals surface area contributed by atoms with E-state index in [9.17, 15) is 0 Å². The molecule has 0 bridgehead atoms. The second-order valence-electron chi connectivity index (χ2n) is 7.58. The number of hydrogen-bond donors (Lipinski definition) is 0. The highest BCUT2D eigenvalue weighted by Gasteiger charge is 2.48. The van der Waals surface area contributed by atoms with Gasteiger partial charge in [0.25, 0.3) is 0 Å². The van der Waals surface area contributed by atoms with E-state index in [1.807, 2.05) is 0 Å². The smallest absolute Gasteiger partial charge is 0.00530 e. The minimum absolute atomic E-state index is 0.548. The predicted octanol–water partition coefficient (Wildman–Crippen LogP) is 6.14. The van der Waals surface area contributed by atoms with Crippen LogP contribution >= 0.6 is 0 Å². The molecule has 108 valence electrons. The monoisotopic (exact) mass is 260 g/mol. The normalized spacial score (nSPS) is 32.2. The Bertz CT molecular complexity index is 354. The van der Waals surface area contributed by atoms with Crippen LogP contribution in [-0.4, -0.2) is 0 Å². The fourth-order valence-electron chi connectivity index (χ4n) is 3.58. The van der Waals surface area contributed by atoms with Crippen LogP contribution < -0.4 is 0 Å². The van der Waals surface area contributed by atoms with E-state index in [1.165, 1.54) is 50.5 Å². The molecule has 0 aromatic heterocycles. The molecule has 2 aliphatic rings. The summed E-state index contributed by atoms with van der Waals surface area (Å²) in [7, 11) is 0. The number of hydrogen-bond acceptors (Lipinski definition) is 0. The zero-order valence-corrected chi connectivity index (χ0v) is 13.5. The van der Waals surface area contributed by atoms with Gasteiger partial charge in [0.1, 0.15) is 0 Å². The van der Waals surface area contributed by atoms with Gasteiger partial charge in [0.15, 0.2) is 0 Å². The summed E-state index contributed by atoms with van der Waals surface area (Å²) in [4.78, 5) is 0. The van der Waals surface area contributed by atoms with Crippen molar-refractivity contribution in [2.75, 3.05) is 0 Å². The first-order valence-electron chi connectivity index (χ1n) is 8.31. The van der Waals surface area contributed by atoms with E-state index >= 15 is 0 Å². The maximum absolute atomic E-state index is 4.06. The van der Waals surface area contributed by atoms with E-state index in [-0.39, 0.29) is 0 Å². The van der Waals surface area contributed by atoms with Gasteiger partial charge in [-0.25, -0.2) is 0 Å². The summed E-state index contributed by atoms with van der Waals surface area (Å²) in [5, 5.41) is 0. The average molecular weight is 260 g/mol. The lowest BCUT2D eigenvalue weighted by Crippen LogP contribution is -2.20. The third kappa shape index (κ3) is 3.52. The molecule has 0 spiro atoms. The van der Waals surface area contributed by atoms with Crippen LogP contribution in [0.25, 0.3) is 0 Å². The van der Waals surface area contributed by atoms with Crippen LogP contribution in [0.4, 0.5) is 0 Å². The molecule has 2 fully saturated rings. The topological polar surface area (TPSA) is 0 Å². The lowest BCUT2D eigenvalue weighted by Gasteiger charge is -2.32. The number of allylic oxidation sites excluding steroid dienone is 3. The third-order valence-electron chi connectivity index (χ3n) is 5.84. The molecule has 0 amide bonds. The number of rotatable bonds is 7. The third-order valence-corrected chi connectivity index (χ3v) is 5.84. The van der Waals surface area contributed by atoms with Crippen LogP contribution in [-0.2, 0) is 0 Å². The molecule has 2 aliphatic carbocycles. The maximum atomic E-state index is 4.06. The van der Waals surface area contributed by atoms with Crippen molar-refractivity contribution in [1.29, 1.82) is 0 Å². The van der Waals surface area contributed by atoms with Crippen LogP contribution in [0, 0.1) is 23.2 Å². The SMILES string of the molecule is C=C1CC(CC(C)C2(C)CC2=CCCC(C)CC)C1. The molecule has 2 saturated carbocycles. The summed E-state index contributed by atoms with van der Waals surface area (Å²) in [6.07, 6.45) is 11.9. The van der Waals surface area contributed by atoms with Crippen molar-refractivity contribution in [3.8, 4) is 0 Å². The minimum Gasteiger partial charge on any atom is -0.0998 e. The Balaban J connectivity index is 1.74. The van der Waals surface area contributed by atoms with Crippen molar-refractivity contribution in [3.63, 3.8) is 0 Å². The molecule has 19 heavy (non-hydrogen) atoms. The van der Waals surface area contributed by atoms with Gasteiger partial charge in [-0.1, -0.05) is 57.9 Å². The van der Waals surface area contributed by atoms with Gasteiger partial charge in [-0.05, 0) is 61.7 Å². The Hall–Kier alpha value is -0.520. The zero-order valence-electron chi connectivity index (χ0n) is 13.5. The zero-order chi connectivity index (χ0) is 14.0. The second kappa shape index (κ2) is 5.85. The molecule has 3 atom stereocenters. The fourth-order valence-corrected chi connectivity index (χ4v) is 3.58. The molecular weight excluding hydrogens is 228 g/mol. The Morgan fingerprint density at radius 1 is 1.37 bits per heavy atom. The van der Waals surface area contributed by atoms with Gasteiger partial charge in [-0.3, -0.25) is 0 Å². The lowest BCUT2D eigenvalue weighted by atomic mass is 9.73. The Kier molecular flexibility index (Phi) is 4.58. The van der Waals surface area contributed by atoms with Gasteiger partial charge in [0.2, 0.25) is 0 Å². The summed E-state index contributed by atoms with van der Waals surface area (Å²) in [6, 6.07) is 0. The summed E-state index contributed by atoms with van der Waals surface area (Å²) in [5.41, 5.74) is 3.77. The highest BCUT2D eigenvalue weighted by atomic mass is 14.5. The summed E-state index contributed by atoms with van der Waals surface area (Å²) < 4.78 is 0. The predicted molar refractivity (Wildman–Crippen MR) is 85.1 cm³/mol. The molecule has 0 radical (unpaired) electrons. The molecule has 2 rings (SSSR count). The van der Waals surface area contributed by atoms with Crippen molar-refractivity contribution in [1.82, 2.24) is 0 Å². The van der Waals surface area contributed by atoms with E-state index in [0.29, 0.717) is 5.41 Å². The van der Waals surface area contributed by atoms with Gasteiger partial charge < -0.3 is 0 Å². The Morgan fingerprint density at radius 2 is 2.05 bits per heavy atom. The fraction of sp³-hybridized carbons (Fsp3) is 0.789. The molecule has 0 nitrogen and oxygen atoms in total. The quantitative estimate of drug-likeness (QED) is 0.482. The van der Waals surface area contributed by atoms with E-state index < -0.39 is 0 Å². The Morgan fingerprint density at radius 3 is 2.63 bits per heavy atom. The van der Waals surface area contributed by atoms with E-state index in [4.69, 9.17) is 0 Å². The Labute approximate surface area is 120 Å². The van der Waals surface area contributed by atoms with E-state index in [1.54, 1.807) is 5.57 Å². The van der Waals surface area contributed by atoms with E-state index in [2.05, 4.69) is 40.3 Å². The van der Waals surface area contributed by atoms with Crippen molar-refractivity contribution in [2.24, 2.45) is 23.2 Å². The summed E-state index contributed by atoms with van der Waals surface area (Å²) in [6.45, 7) is 13.7. The van der Waals surface area contributed by atoms with Crippen LogP contribution in [0.3, 0.4) is 0 Å². The molecule has 3 unspecified atom stereocenters. The molecule has 0 N–H and O–H groups in total. The molecule has 0 aromatic carbocycles. The lowest BCUT2D eigenvalue weighted by molar-refractivity contribution is 0.262. The first-order chi connectivity index (χ1) is 8.95. The van der Waals surface area contributed by atoms with Gasteiger partial charge in [-0.15, -0.1) is 0 Å². The molecule has 0 saturated heterocycles. The van der Waals surface area contributed by atoms with Gasteiger partial charge >= 0.3 is 0 Å². The van der Waals surface area contributed by atoms with Gasteiger partial charge in [0.05, 0.1) is 0 Å². The van der Waals surface area contributed by atoms with Crippen LogP contribution in [0.15, 0.2) is 23.8 Å². The largest absolute Gasteiger partial charge is 0.0998 e. The summed E-state index contributed by atoms with van der Waals surface area (Å²) in [5.74, 6) is 2.70. The van der Waals surface area contributed by atoms with Crippen molar-refractivity contribution in [3.05, 3.63) is 23.8 Å².